The van der Waals surface area contributed by atoms with Crippen molar-refractivity contribution in [3.05, 3.63) is 40.5 Å². The van der Waals surface area contributed by atoms with Crippen molar-refractivity contribution in [2.45, 2.75) is 11.8 Å². The molecular weight excluding hydrogens is 302 g/mol. The van der Waals surface area contributed by atoms with Crippen LogP contribution < -0.4 is 4.72 Å². The minimum absolute atomic E-state index is 0.648. The third kappa shape index (κ3) is 2.51. The van der Waals surface area contributed by atoms with Crippen LogP contribution in [0.1, 0.15) is 4.88 Å². The molecule has 0 saturated heterocycles. The minimum atomic E-state index is -1.35. The van der Waals surface area contributed by atoms with Gasteiger partial charge in [0, 0.05) is 33.2 Å². The van der Waals surface area contributed by atoms with Gasteiger partial charge in [0.25, 0.3) is 0 Å². The van der Waals surface area contributed by atoms with Gasteiger partial charge in [-0.2, -0.15) is 0 Å². The fourth-order valence-corrected chi connectivity index (χ4v) is 3.71. The van der Waals surface area contributed by atoms with Crippen LogP contribution in [0.15, 0.2) is 35.5 Å². The molecule has 3 aromatic rings. The summed E-state index contributed by atoms with van der Waals surface area (Å²) < 4.78 is 15.2. The van der Waals surface area contributed by atoms with Crippen LogP contribution in [0.5, 0.6) is 0 Å². The van der Waals surface area contributed by atoms with Crippen molar-refractivity contribution in [2.75, 3.05) is 4.72 Å². The topological polar surface area (TPSA) is 57.8 Å². The normalized spacial score (nSPS) is 12.7. The summed E-state index contributed by atoms with van der Waals surface area (Å²) in [6.07, 6.45) is 3.48. The summed E-state index contributed by atoms with van der Waals surface area (Å²) in [6.45, 7) is 1.96. The molecule has 0 radical (unpaired) electrons. The maximum Gasteiger partial charge on any atom is 0.195 e. The Morgan fingerprint density at radius 1 is 1.47 bits per heavy atom. The highest BCUT2D eigenvalue weighted by Gasteiger charge is 2.12. The van der Waals surface area contributed by atoms with E-state index in [1.54, 1.807) is 18.5 Å². The van der Waals surface area contributed by atoms with Crippen molar-refractivity contribution in [3.63, 3.8) is 0 Å². The highest BCUT2D eigenvalue weighted by atomic mass is 35.5. The van der Waals surface area contributed by atoms with Gasteiger partial charge in [0.1, 0.15) is 0 Å². The van der Waals surface area contributed by atoms with Crippen LogP contribution in [-0.4, -0.2) is 14.2 Å². The molecule has 7 heteroatoms. The molecule has 98 valence electrons. The molecule has 0 amide bonds. The van der Waals surface area contributed by atoms with Gasteiger partial charge < -0.3 is 4.98 Å². The molecule has 2 aromatic heterocycles. The predicted molar refractivity (Wildman–Crippen MR) is 80.2 cm³/mol. The van der Waals surface area contributed by atoms with Crippen LogP contribution in [0.4, 0.5) is 5.13 Å². The maximum absolute atomic E-state index is 12.3. The number of H-pyrrole nitrogens is 1. The van der Waals surface area contributed by atoms with E-state index in [9.17, 15) is 4.21 Å². The van der Waals surface area contributed by atoms with Crippen LogP contribution in [0.2, 0.25) is 5.02 Å². The van der Waals surface area contributed by atoms with E-state index in [1.807, 2.05) is 19.1 Å². The van der Waals surface area contributed by atoms with Gasteiger partial charge in [-0.25, -0.2) is 9.19 Å². The summed E-state index contributed by atoms with van der Waals surface area (Å²) in [5.74, 6) is 0. The van der Waals surface area contributed by atoms with Crippen molar-refractivity contribution < 1.29 is 4.21 Å². The molecule has 0 saturated carbocycles. The number of nitrogens with one attached hydrogen (secondary N) is 2. The number of hydrogen-bond acceptors (Lipinski definition) is 3. The Bertz CT molecular complexity index is 765. The first-order valence-electron chi connectivity index (χ1n) is 5.51. The van der Waals surface area contributed by atoms with E-state index in [1.165, 1.54) is 11.3 Å². The Morgan fingerprint density at radius 2 is 2.32 bits per heavy atom. The van der Waals surface area contributed by atoms with Crippen LogP contribution >= 0.6 is 22.9 Å². The molecule has 1 aromatic carbocycles. The van der Waals surface area contributed by atoms with Crippen molar-refractivity contribution >= 4 is 50.0 Å². The van der Waals surface area contributed by atoms with Gasteiger partial charge in [0.15, 0.2) is 16.1 Å². The third-order valence-corrected chi connectivity index (χ3v) is 4.92. The Kier molecular flexibility index (Phi) is 3.30. The van der Waals surface area contributed by atoms with Gasteiger partial charge in [-0.15, -0.1) is 11.3 Å². The van der Waals surface area contributed by atoms with Crippen molar-refractivity contribution in [3.8, 4) is 0 Å². The van der Waals surface area contributed by atoms with Crippen molar-refractivity contribution in [1.82, 2.24) is 9.97 Å². The molecule has 0 aliphatic carbocycles. The standard InChI is InChI=1S/C12H10ClN3OS2/c1-7-5-15-12(18-7)16-19(17)11-6-14-10-4-8(13)2-3-9(10)11/h2-6,14H,1H3,(H,15,16). The number of rotatable bonds is 3. The van der Waals surface area contributed by atoms with Gasteiger partial charge in [-0.1, -0.05) is 17.7 Å². The second-order valence-corrected chi connectivity index (χ2v) is 6.84. The second kappa shape index (κ2) is 4.96. The molecule has 1 unspecified atom stereocenters. The van der Waals surface area contributed by atoms with Crippen LogP contribution in [0.3, 0.4) is 0 Å². The number of halogens is 1. The van der Waals surface area contributed by atoms with Crippen molar-refractivity contribution in [2.24, 2.45) is 0 Å². The zero-order valence-electron chi connectivity index (χ0n) is 9.94. The quantitative estimate of drug-likeness (QED) is 0.774. The van der Waals surface area contributed by atoms with E-state index >= 15 is 0 Å². The average Bonchev–Trinajstić information content (AvgIpc) is 2.95. The van der Waals surface area contributed by atoms with E-state index in [0.29, 0.717) is 15.0 Å². The van der Waals surface area contributed by atoms with E-state index in [-0.39, 0.29) is 0 Å². The number of anilines is 1. The summed E-state index contributed by atoms with van der Waals surface area (Å²) in [5.41, 5.74) is 0.868. The number of aromatic amines is 1. The lowest BCUT2D eigenvalue weighted by molar-refractivity contribution is 0.687. The van der Waals surface area contributed by atoms with Crippen molar-refractivity contribution in [1.29, 1.82) is 0 Å². The lowest BCUT2D eigenvalue weighted by Gasteiger charge is -2.01. The molecule has 0 aliphatic heterocycles. The first kappa shape index (κ1) is 12.7. The summed E-state index contributed by atoms with van der Waals surface area (Å²) in [4.78, 5) is 8.98. The van der Waals surface area contributed by atoms with Gasteiger partial charge in [-0.05, 0) is 19.1 Å². The average molecular weight is 312 g/mol. The van der Waals surface area contributed by atoms with Crippen LogP contribution in [-0.2, 0) is 11.0 Å². The molecule has 4 nitrogen and oxygen atoms in total. The highest BCUT2D eigenvalue weighted by molar-refractivity contribution is 7.86. The Hall–Kier alpha value is -1.37. The number of aryl methyl sites for hydroxylation is 1. The van der Waals surface area contributed by atoms with Crippen LogP contribution in [0.25, 0.3) is 10.9 Å². The summed E-state index contributed by atoms with van der Waals surface area (Å²) in [6, 6.07) is 5.45. The number of aromatic nitrogens is 2. The van der Waals surface area contributed by atoms with E-state index in [2.05, 4.69) is 14.7 Å². The number of nitrogens with zero attached hydrogens (tertiary/aromatic N) is 1. The first-order valence-corrected chi connectivity index (χ1v) is 7.85. The molecule has 0 aliphatic rings. The summed E-state index contributed by atoms with van der Waals surface area (Å²) >= 11 is 7.39. The maximum atomic E-state index is 12.3. The molecule has 0 bridgehead atoms. The smallest absolute Gasteiger partial charge is 0.195 e. The van der Waals surface area contributed by atoms with E-state index in [0.717, 1.165) is 15.8 Å². The van der Waals surface area contributed by atoms with Crippen LogP contribution in [0, 0.1) is 6.92 Å². The number of hydrogen-bond donors (Lipinski definition) is 2. The molecule has 2 heterocycles. The number of fused-ring (bicyclic) bond motifs is 1. The monoisotopic (exact) mass is 311 g/mol. The van der Waals surface area contributed by atoms with E-state index < -0.39 is 11.0 Å². The molecule has 0 fully saturated rings. The fourth-order valence-electron chi connectivity index (χ4n) is 1.76. The summed E-state index contributed by atoms with van der Waals surface area (Å²) in [7, 11) is -1.35. The molecule has 0 spiro atoms. The zero-order chi connectivity index (χ0) is 13.4. The van der Waals surface area contributed by atoms with E-state index in [4.69, 9.17) is 11.6 Å². The second-order valence-electron chi connectivity index (χ2n) is 3.99. The van der Waals surface area contributed by atoms with Gasteiger partial charge in [0.2, 0.25) is 0 Å². The molecule has 1 atom stereocenters. The van der Waals surface area contributed by atoms with Gasteiger partial charge in [-0.3, -0.25) is 4.72 Å². The minimum Gasteiger partial charge on any atom is -0.360 e. The Balaban J connectivity index is 1.93. The zero-order valence-corrected chi connectivity index (χ0v) is 12.3. The van der Waals surface area contributed by atoms with Gasteiger partial charge >= 0.3 is 0 Å². The van der Waals surface area contributed by atoms with Gasteiger partial charge in [0.05, 0.1) is 4.90 Å². The Morgan fingerprint density at radius 3 is 3.05 bits per heavy atom. The number of thiazole rings is 1. The predicted octanol–water partition coefficient (Wildman–Crippen LogP) is 3.72. The highest BCUT2D eigenvalue weighted by Crippen LogP contribution is 2.26. The SMILES string of the molecule is Cc1cnc(NS(=O)c2c[nH]c3cc(Cl)ccc23)s1. The lowest BCUT2D eigenvalue weighted by atomic mass is 10.2. The molecule has 19 heavy (non-hydrogen) atoms. The summed E-state index contributed by atoms with van der Waals surface area (Å²) in [5, 5.41) is 2.19. The largest absolute Gasteiger partial charge is 0.360 e. The number of benzene rings is 1. The Labute approximate surface area is 121 Å². The molecule has 3 rings (SSSR count). The third-order valence-electron chi connectivity index (χ3n) is 2.61. The molecule has 2 N–H and O–H groups in total. The first-order chi connectivity index (χ1) is 9.13. The fraction of sp³-hybridized carbons (Fsp3) is 0.0833. The molecular formula is C12H10ClN3OS2. The lowest BCUT2D eigenvalue weighted by Crippen LogP contribution is -2.03.